The van der Waals surface area contributed by atoms with E-state index in [-0.39, 0.29) is 24.3 Å². The van der Waals surface area contributed by atoms with Crippen molar-refractivity contribution in [2.24, 2.45) is 5.92 Å². The summed E-state index contributed by atoms with van der Waals surface area (Å²) in [6.45, 7) is 4.69. The molecule has 2 aliphatic heterocycles. The van der Waals surface area contributed by atoms with Crippen LogP contribution in [0, 0.1) is 5.92 Å². The second-order valence-electron chi connectivity index (χ2n) is 10.8. The van der Waals surface area contributed by atoms with Crippen LogP contribution in [0.4, 0.5) is 42.0 Å². The molecule has 1 aromatic heterocycles. The van der Waals surface area contributed by atoms with Crippen LogP contribution in [-0.2, 0) is 27.7 Å². The highest BCUT2D eigenvalue weighted by Crippen LogP contribution is 2.41. The summed E-state index contributed by atoms with van der Waals surface area (Å²) >= 11 is 0. The van der Waals surface area contributed by atoms with E-state index >= 15 is 0 Å². The summed E-state index contributed by atoms with van der Waals surface area (Å²) in [6.07, 6.45) is -2.93. The van der Waals surface area contributed by atoms with Gasteiger partial charge in [0.25, 0.3) is 0 Å². The van der Waals surface area contributed by atoms with Crippen molar-refractivity contribution in [3.63, 3.8) is 0 Å². The summed E-state index contributed by atoms with van der Waals surface area (Å²) < 4.78 is 47.2. The Hall–Kier alpha value is -4.55. The molecule has 42 heavy (non-hydrogen) atoms. The van der Waals surface area contributed by atoms with E-state index < -0.39 is 28.9 Å². The standard InChI is InChI=1S/C29H31F3N6O4/c1-28(2)23-17(5-4-6-21(23)35-26(28)41)14-33-24-19(29(30,31)32)15-34-27(37-24)36-20-8-7-18(13-22(20)42-3)38-11-9-16(10-12-38)25(39)40/h4-8,13,15-16H,9-12,14H2,1-3H3,(H,35,41)(H,39,40)(H2,33,34,36,37). The molecule has 1 amide bonds. The number of carbonyl (C=O) groups is 2. The van der Waals surface area contributed by atoms with Gasteiger partial charge in [0.05, 0.1) is 24.1 Å². The number of carboxylic acid groups (broad SMARTS) is 1. The summed E-state index contributed by atoms with van der Waals surface area (Å²) in [5.41, 5.74) is 1.44. The van der Waals surface area contributed by atoms with Crippen molar-refractivity contribution in [3.05, 3.63) is 59.3 Å². The molecular weight excluding hydrogens is 553 g/mol. The van der Waals surface area contributed by atoms with Gasteiger partial charge in [-0.15, -0.1) is 0 Å². The summed E-state index contributed by atoms with van der Waals surface area (Å²) in [4.78, 5) is 33.8. The third-order valence-corrected chi connectivity index (χ3v) is 7.77. The van der Waals surface area contributed by atoms with Crippen molar-refractivity contribution in [1.29, 1.82) is 0 Å². The quantitative estimate of drug-likeness (QED) is 0.275. The molecule has 3 heterocycles. The van der Waals surface area contributed by atoms with E-state index in [0.29, 0.717) is 48.6 Å². The number of fused-ring (bicyclic) bond motifs is 1. The smallest absolute Gasteiger partial charge is 0.421 e. The number of alkyl halides is 3. The minimum absolute atomic E-state index is 0.00230. The lowest BCUT2D eigenvalue weighted by atomic mass is 9.83. The SMILES string of the molecule is COc1cc(N2CCC(C(=O)O)CC2)ccc1Nc1ncc(C(F)(F)F)c(NCc2cccc3c2C(C)(C)C(=O)N3)n1. The number of hydrogen-bond donors (Lipinski definition) is 4. The number of aliphatic carboxylic acids is 1. The Morgan fingerprint density at radius 2 is 1.95 bits per heavy atom. The van der Waals surface area contributed by atoms with E-state index in [1.54, 1.807) is 44.2 Å². The van der Waals surface area contributed by atoms with Gasteiger partial charge in [-0.1, -0.05) is 12.1 Å². The number of aromatic nitrogens is 2. The van der Waals surface area contributed by atoms with Crippen LogP contribution in [0.5, 0.6) is 5.75 Å². The lowest BCUT2D eigenvalue weighted by Crippen LogP contribution is -2.36. The first-order chi connectivity index (χ1) is 19.9. The number of carbonyl (C=O) groups excluding carboxylic acids is 1. The maximum Gasteiger partial charge on any atom is 0.421 e. The zero-order valence-corrected chi connectivity index (χ0v) is 23.3. The molecule has 0 spiro atoms. The number of carboxylic acids is 1. The van der Waals surface area contributed by atoms with Gasteiger partial charge in [0.2, 0.25) is 11.9 Å². The van der Waals surface area contributed by atoms with Crippen molar-refractivity contribution in [2.45, 2.75) is 44.8 Å². The number of benzene rings is 2. The predicted molar refractivity (Wildman–Crippen MR) is 151 cm³/mol. The second kappa shape index (κ2) is 11.0. The first kappa shape index (κ1) is 29.0. The van der Waals surface area contributed by atoms with Crippen LogP contribution in [-0.4, -0.2) is 47.2 Å². The van der Waals surface area contributed by atoms with Crippen LogP contribution < -0.4 is 25.6 Å². The highest BCUT2D eigenvalue weighted by atomic mass is 19.4. The Balaban J connectivity index is 1.37. The first-order valence-corrected chi connectivity index (χ1v) is 13.4. The summed E-state index contributed by atoms with van der Waals surface area (Å²) in [5, 5.41) is 17.8. The monoisotopic (exact) mass is 584 g/mol. The maximum atomic E-state index is 13.9. The number of amides is 1. The molecule has 0 atom stereocenters. The number of nitrogens with zero attached hydrogens (tertiary/aromatic N) is 3. The predicted octanol–water partition coefficient (Wildman–Crippen LogP) is 5.39. The number of piperidine rings is 1. The number of methoxy groups -OCH3 is 1. The van der Waals surface area contributed by atoms with Gasteiger partial charge in [-0.3, -0.25) is 9.59 Å². The number of anilines is 5. The fourth-order valence-corrected chi connectivity index (χ4v) is 5.43. The molecular formula is C29H31F3N6O4. The van der Waals surface area contributed by atoms with Gasteiger partial charge < -0.3 is 30.7 Å². The molecule has 2 aromatic carbocycles. The van der Waals surface area contributed by atoms with Crippen LogP contribution in [0.15, 0.2) is 42.6 Å². The van der Waals surface area contributed by atoms with E-state index in [2.05, 4.69) is 30.8 Å². The second-order valence-corrected chi connectivity index (χ2v) is 10.8. The van der Waals surface area contributed by atoms with Gasteiger partial charge >= 0.3 is 12.1 Å². The third kappa shape index (κ3) is 5.63. The highest BCUT2D eigenvalue weighted by Gasteiger charge is 2.40. The largest absolute Gasteiger partial charge is 0.494 e. The molecule has 0 unspecified atom stereocenters. The summed E-state index contributed by atoms with van der Waals surface area (Å²) in [7, 11) is 1.47. The van der Waals surface area contributed by atoms with Crippen molar-refractivity contribution < 1.29 is 32.6 Å². The van der Waals surface area contributed by atoms with Crippen molar-refractivity contribution >= 4 is 40.7 Å². The van der Waals surface area contributed by atoms with E-state index in [0.717, 1.165) is 17.4 Å². The molecule has 0 bridgehead atoms. The van der Waals surface area contributed by atoms with Crippen LogP contribution in [0.3, 0.4) is 0 Å². The lowest BCUT2D eigenvalue weighted by Gasteiger charge is -2.32. The average Bonchev–Trinajstić information content (AvgIpc) is 3.19. The molecule has 222 valence electrons. The number of rotatable bonds is 8. The van der Waals surface area contributed by atoms with E-state index in [4.69, 9.17) is 4.74 Å². The molecule has 5 rings (SSSR count). The van der Waals surface area contributed by atoms with Crippen molar-refractivity contribution in [1.82, 2.24) is 9.97 Å². The van der Waals surface area contributed by atoms with Gasteiger partial charge in [0.15, 0.2) is 0 Å². The Kier molecular flexibility index (Phi) is 7.60. The number of halogens is 3. The van der Waals surface area contributed by atoms with Gasteiger partial charge in [-0.2, -0.15) is 18.2 Å². The molecule has 0 saturated carbocycles. The maximum absolute atomic E-state index is 13.9. The number of ether oxygens (including phenoxy) is 1. The Bertz CT molecular complexity index is 1520. The fourth-order valence-electron chi connectivity index (χ4n) is 5.43. The molecule has 1 saturated heterocycles. The van der Waals surface area contributed by atoms with Crippen LogP contribution in [0.1, 0.15) is 43.4 Å². The van der Waals surface area contributed by atoms with Gasteiger partial charge in [-0.25, -0.2) is 4.98 Å². The lowest BCUT2D eigenvalue weighted by molar-refractivity contribution is -0.142. The molecule has 0 aliphatic carbocycles. The Labute approximate surface area is 240 Å². The molecule has 2 aliphatic rings. The van der Waals surface area contributed by atoms with Crippen LogP contribution in [0.25, 0.3) is 0 Å². The Morgan fingerprint density at radius 1 is 1.21 bits per heavy atom. The zero-order chi connectivity index (χ0) is 30.2. The molecule has 4 N–H and O–H groups in total. The topological polar surface area (TPSA) is 129 Å². The average molecular weight is 585 g/mol. The van der Waals surface area contributed by atoms with Gasteiger partial charge in [-0.05, 0) is 56.0 Å². The summed E-state index contributed by atoms with van der Waals surface area (Å²) in [5.74, 6) is -1.40. The van der Waals surface area contributed by atoms with Crippen molar-refractivity contribution in [3.8, 4) is 5.75 Å². The minimum atomic E-state index is -4.70. The fraction of sp³-hybridized carbons (Fsp3) is 0.379. The molecule has 3 aromatic rings. The molecule has 0 radical (unpaired) electrons. The minimum Gasteiger partial charge on any atom is -0.494 e. The van der Waals surface area contributed by atoms with Gasteiger partial charge in [0, 0.05) is 43.3 Å². The van der Waals surface area contributed by atoms with E-state index in [1.165, 1.54) is 7.11 Å². The van der Waals surface area contributed by atoms with Gasteiger partial charge in [0.1, 0.15) is 17.1 Å². The normalized spacial score (nSPS) is 16.5. The molecule has 13 heteroatoms. The third-order valence-electron chi connectivity index (χ3n) is 7.77. The van der Waals surface area contributed by atoms with Crippen molar-refractivity contribution in [2.75, 3.05) is 41.0 Å². The highest BCUT2D eigenvalue weighted by molar-refractivity contribution is 6.06. The van der Waals surface area contributed by atoms with Crippen LogP contribution in [0.2, 0.25) is 0 Å². The van der Waals surface area contributed by atoms with E-state index in [9.17, 15) is 27.9 Å². The molecule has 1 fully saturated rings. The van der Waals surface area contributed by atoms with E-state index in [1.807, 2.05) is 6.07 Å². The van der Waals surface area contributed by atoms with Crippen LogP contribution >= 0.6 is 0 Å². The number of nitrogens with one attached hydrogen (secondary N) is 3. The molecule has 10 nitrogen and oxygen atoms in total. The zero-order valence-electron chi connectivity index (χ0n) is 23.3. The summed E-state index contributed by atoms with van der Waals surface area (Å²) in [6, 6.07) is 10.6. The number of hydrogen-bond acceptors (Lipinski definition) is 8. The Morgan fingerprint density at radius 3 is 2.62 bits per heavy atom. The first-order valence-electron chi connectivity index (χ1n) is 13.4.